The van der Waals surface area contributed by atoms with Crippen LogP contribution >= 0.6 is 22.9 Å². The monoisotopic (exact) mass is 453 g/mol. The molecular weight excluding hydrogens is 438 g/mol. The Hall–Kier alpha value is -2.43. The Morgan fingerprint density at radius 3 is 2.97 bits per heavy atom. The van der Waals surface area contributed by atoms with Gasteiger partial charge in [0.15, 0.2) is 27.5 Å². The number of rotatable bonds is 5. The van der Waals surface area contributed by atoms with Crippen LogP contribution in [-0.4, -0.2) is 36.1 Å². The van der Waals surface area contributed by atoms with Gasteiger partial charge in [-0.05, 0) is 30.0 Å². The van der Waals surface area contributed by atoms with E-state index >= 15 is 0 Å². The number of imidazole rings is 1. The van der Waals surface area contributed by atoms with Gasteiger partial charge < -0.3 is 4.74 Å². The predicted molar refractivity (Wildman–Crippen MR) is 107 cm³/mol. The Kier molecular flexibility index (Phi) is 4.88. The van der Waals surface area contributed by atoms with E-state index in [1.807, 2.05) is 24.6 Å². The second-order valence-electron chi connectivity index (χ2n) is 6.78. The molecule has 0 fully saturated rings. The van der Waals surface area contributed by atoms with Crippen LogP contribution in [-0.2, 0) is 14.8 Å². The summed E-state index contributed by atoms with van der Waals surface area (Å²) in [7, 11) is -4.26. The summed E-state index contributed by atoms with van der Waals surface area (Å²) in [6, 6.07) is 3.44. The minimum absolute atomic E-state index is 0.0508. The Labute approximate surface area is 175 Å². The number of ether oxygens (including phenoxy) is 1. The molecule has 1 amide bonds. The molecule has 1 unspecified atom stereocenters. The Bertz CT molecular complexity index is 1260. The second kappa shape index (κ2) is 7.12. The quantitative estimate of drug-likeness (QED) is 0.636. The SMILES string of the molecule is Cc1ccc(OCC(=O)NS(=O)(=O)c2c(Cl)nc3sccn23)c2c1C(C)CC2=O. The molecule has 2 aromatic heterocycles. The van der Waals surface area contributed by atoms with Gasteiger partial charge in [0.2, 0.25) is 0 Å². The summed E-state index contributed by atoms with van der Waals surface area (Å²) >= 11 is 7.15. The predicted octanol–water partition coefficient (Wildman–Crippen LogP) is 2.93. The van der Waals surface area contributed by atoms with E-state index in [0.717, 1.165) is 11.1 Å². The number of aryl methyl sites for hydroxylation is 1. The average Bonchev–Trinajstić information content (AvgIpc) is 3.27. The molecule has 8 nitrogen and oxygen atoms in total. The molecule has 1 atom stereocenters. The number of carbonyl (C=O) groups is 2. The highest BCUT2D eigenvalue weighted by atomic mass is 35.5. The first-order chi connectivity index (χ1) is 13.7. The molecule has 0 spiro atoms. The molecule has 4 rings (SSSR count). The van der Waals surface area contributed by atoms with Gasteiger partial charge in [0.05, 0.1) is 5.56 Å². The van der Waals surface area contributed by atoms with Crippen molar-refractivity contribution in [2.75, 3.05) is 6.61 Å². The molecule has 3 aromatic rings. The van der Waals surface area contributed by atoms with Gasteiger partial charge in [-0.1, -0.05) is 24.6 Å². The van der Waals surface area contributed by atoms with Crippen molar-refractivity contribution in [1.29, 1.82) is 0 Å². The summed E-state index contributed by atoms with van der Waals surface area (Å²) in [6.07, 6.45) is 1.88. The second-order valence-corrected chi connectivity index (χ2v) is 9.61. The number of benzene rings is 1. The third kappa shape index (κ3) is 3.41. The van der Waals surface area contributed by atoms with Gasteiger partial charge in [0, 0.05) is 18.0 Å². The van der Waals surface area contributed by atoms with Gasteiger partial charge in [-0.2, -0.15) is 8.42 Å². The van der Waals surface area contributed by atoms with Crippen molar-refractivity contribution in [3.05, 3.63) is 45.6 Å². The van der Waals surface area contributed by atoms with E-state index in [9.17, 15) is 18.0 Å². The van der Waals surface area contributed by atoms with Crippen LogP contribution in [0.1, 0.15) is 40.7 Å². The maximum Gasteiger partial charge on any atom is 0.283 e. The van der Waals surface area contributed by atoms with Crippen molar-refractivity contribution in [2.24, 2.45) is 0 Å². The summed E-state index contributed by atoms with van der Waals surface area (Å²) in [5.74, 6) is -0.591. The average molecular weight is 454 g/mol. The molecule has 11 heteroatoms. The molecule has 0 saturated carbocycles. The largest absolute Gasteiger partial charge is 0.483 e. The highest BCUT2D eigenvalue weighted by Crippen LogP contribution is 2.40. The van der Waals surface area contributed by atoms with Crippen LogP contribution in [0.2, 0.25) is 5.15 Å². The number of amides is 1. The Morgan fingerprint density at radius 2 is 2.21 bits per heavy atom. The zero-order chi connectivity index (χ0) is 20.9. The van der Waals surface area contributed by atoms with Crippen LogP contribution in [0.4, 0.5) is 0 Å². The summed E-state index contributed by atoms with van der Waals surface area (Å²) < 4.78 is 33.9. The highest BCUT2D eigenvalue weighted by Gasteiger charge is 2.32. The minimum Gasteiger partial charge on any atom is -0.483 e. The van der Waals surface area contributed by atoms with Crippen molar-refractivity contribution < 1.29 is 22.7 Å². The van der Waals surface area contributed by atoms with Gasteiger partial charge in [0.1, 0.15) is 5.75 Å². The van der Waals surface area contributed by atoms with Crippen molar-refractivity contribution in [2.45, 2.75) is 31.2 Å². The summed E-state index contributed by atoms with van der Waals surface area (Å²) in [6.45, 7) is 3.30. The third-order valence-electron chi connectivity index (χ3n) is 4.73. The number of Topliss-reactive ketones (excluding diaryl/α,β-unsaturated/α-hetero) is 1. The topological polar surface area (TPSA) is 107 Å². The van der Waals surface area contributed by atoms with Gasteiger partial charge in [-0.15, -0.1) is 11.3 Å². The van der Waals surface area contributed by atoms with Crippen LogP contribution in [0.15, 0.2) is 28.7 Å². The first-order valence-electron chi connectivity index (χ1n) is 8.65. The first kappa shape index (κ1) is 19.9. The number of ketones is 1. The normalized spacial score (nSPS) is 16.2. The Balaban J connectivity index is 1.53. The van der Waals surface area contributed by atoms with E-state index in [1.54, 1.807) is 11.4 Å². The van der Waals surface area contributed by atoms with Crippen LogP contribution in [0, 0.1) is 6.92 Å². The number of nitrogens with one attached hydrogen (secondary N) is 1. The zero-order valence-corrected chi connectivity index (χ0v) is 17.8. The fraction of sp³-hybridized carbons (Fsp3) is 0.278. The zero-order valence-electron chi connectivity index (χ0n) is 15.4. The van der Waals surface area contributed by atoms with Gasteiger partial charge in [0.25, 0.3) is 15.9 Å². The van der Waals surface area contributed by atoms with Gasteiger partial charge in [-0.25, -0.2) is 9.71 Å². The van der Waals surface area contributed by atoms with Crippen LogP contribution in [0.5, 0.6) is 5.75 Å². The fourth-order valence-corrected chi connectivity index (χ4v) is 6.01. The molecule has 1 aromatic carbocycles. The molecule has 29 heavy (non-hydrogen) atoms. The highest BCUT2D eigenvalue weighted by molar-refractivity contribution is 7.90. The van der Waals surface area contributed by atoms with Crippen molar-refractivity contribution >= 4 is 49.6 Å². The lowest BCUT2D eigenvalue weighted by Crippen LogP contribution is -2.35. The number of aromatic nitrogens is 2. The lowest BCUT2D eigenvalue weighted by molar-refractivity contribution is -0.121. The van der Waals surface area contributed by atoms with E-state index in [4.69, 9.17) is 16.3 Å². The molecule has 1 aliphatic carbocycles. The smallest absolute Gasteiger partial charge is 0.283 e. The molecule has 1 aliphatic rings. The maximum atomic E-state index is 12.6. The standard InChI is InChI=1S/C18H16ClN3O5S2/c1-9-3-4-12(15-11(23)7-10(2)14(9)15)27-8-13(24)21-29(25,26)17-16(19)20-18-22(17)5-6-28-18/h3-6,10H,7-8H2,1-2H3,(H,21,24). The first-order valence-corrected chi connectivity index (χ1v) is 11.4. The number of nitrogens with zero attached hydrogens (tertiary/aromatic N) is 2. The minimum atomic E-state index is -4.26. The molecule has 1 N–H and O–H groups in total. The van der Waals surface area contributed by atoms with E-state index in [1.165, 1.54) is 21.9 Å². The van der Waals surface area contributed by atoms with Crippen molar-refractivity contribution in [3.63, 3.8) is 0 Å². The van der Waals surface area contributed by atoms with Crippen molar-refractivity contribution in [3.8, 4) is 5.75 Å². The van der Waals surface area contributed by atoms with Gasteiger partial charge >= 0.3 is 0 Å². The van der Waals surface area contributed by atoms with Crippen LogP contribution < -0.4 is 9.46 Å². The van der Waals surface area contributed by atoms with E-state index < -0.39 is 22.5 Å². The molecule has 0 aliphatic heterocycles. The van der Waals surface area contributed by atoms with Gasteiger partial charge in [-0.3, -0.25) is 14.0 Å². The van der Waals surface area contributed by atoms with E-state index in [0.29, 0.717) is 16.9 Å². The number of halogens is 1. The number of fused-ring (bicyclic) bond motifs is 2. The number of thiazole rings is 1. The number of carbonyl (C=O) groups excluding carboxylic acids is 2. The fourth-order valence-electron chi connectivity index (χ4n) is 3.58. The third-order valence-corrected chi connectivity index (χ3v) is 7.26. The molecule has 0 saturated heterocycles. The summed E-state index contributed by atoms with van der Waals surface area (Å²) in [4.78, 5) is 28.9. The molecule has 0 radical (unpaired) electrons. The van der Waals surface area contributed by atoms with Crippen LogP contribution in [0.25, 0.3) is 4.96 Å². The van der Waals surface area contributed by atoms with E-state index in [-0.39, 0.29) is 27.6 Å². The number of sulfonamides is 1. The molecule has 2 heterocycles. The molecule has 0 bridgehead atoms. The summed E-state index contributed by atoms with van der Waals surface area (Å²) in [5, 5.41) is 1.11. The van der Waals surface area contributed by atoms with E-state index in [2.05, 4.69) is 4.98 Å². The lowest BCUT2D eigenvalue weighted by atomic mass is 9.97. The summed E-state index contributed by atoms with van der Waals surface area (Å²) in [5.41, 5.74) is 2.35. The van der Waals surface area contributed by atoms with Crippen LogP contribution in [0.3, 0.4) is 0 Å². The number of hydrogen-bond acceptors (Lipinski definition) is 7. The molecular formula is C18H16ClN3O5S2. The number of hydrogen-bond donors (Lipinski definition) is 1. The van der Waals surface area contributed by atoms with Crippen molar-refractivity contribution in [1.82, 2.24) is 14.1 Å². The maximum absolute atomic E-state index is 12.6. The lowest BCUT2D eigenvalue weighted by Gasteiger charge is -2.13. The Morgan fingerprint density at radius 1 is 1.45 bits per heavy atom. The molecule has 152 valence electrons.